The predicted molar refractivity (Wildman–Crippen MR) is 67.7 cm³/mol. The minimum absolute atomic E-state index is 0.457. The highest BCUT2D eigenvalue weighted by Gasteiger charge is 2.12. The molecule has 1 aromatic rings. The second-order valence-electron chi connectivity index (χ2n) is 3.95. The average Bonchev–Trinajstić information content (AvgIpc) is 2.31. The summed E-state index contributed by atoms with van der Waals surface area (Å²) in [5, 5.41) is 3.30. The summed E-state index contributed by atoms with van der Waals surface area (Å²) in [6, 6.07) is 7.66. The third-order valence-corrected chi connectivity index (χ3v) is 2.42. The Morgan fingerprint density at radius 2 is 2.18 bits per heavy atom. The predicted octanol–water partition coefficient (Wildman–Crippen LogP) is 1.44. The molecule has 4 nitrogen and oxygen atoms in total. The number of ether oxygens (including phenoxy) is 1. The van der Waals surface area contributed by atoms with Crippen molar-refractivity contribution in [3.05, 3.63) is 29.8 Å². The number of amides is 1. The van der Waals surface area contributed by atoms with Gasteiger partial charge in [-0.05, 0) is 26.0 Å². The summed E-state index contributed by atoms with van der Waals surface area (Å²) in [4.78, 5) is 11.0. The van der Waals surface area contributed by atoms with Crippen molar-refractivity contribution in [2.45, 2.75) is 32.9 Å². The van der Waals surface area contributed by atoms with Crippen LogP contribution in [0.3, 0.4) is 0 Å². The molecule has 1 atom stereocenters. The monoisotopic (exact) mass is 236 g/mol. The topological polar surface area (TPSA) is 64.3 Å². The first-order chi connectivity index (χ1) is 8.15. The number of carbonyl (C=O) groups excluding carboxylic acids is 1. The normalized spacial score (nSPS) is 12.1. The van der Waals surface area contributed by atoms with Gasteiger partial charge in [-0.2, -0.15) is 0 Å². The molecule has 17 heavy (non-hydrogen) atoms. The maximum atomic E-state index is 11.0. The Kier molecular flexibility index (Phi) is 5.49. The summed E-state index contributed by atoms with van der Waals surface area (Å²) < 4.78 is 5.52. The fourth-order valence-corrected chi connectivity index (χ4v) is 1.41. The van der Waals surface area contributed by atoms with Crippen molar-refractivity contribution in [3.8, 4) is 5.75 Å². The zero-order chi connectivity index (χ0) is 12.7. The van der Waals surface area contributed by atoms with Gasteiger partial charge in [0.1, 0.15) is 5.75 Å². The summed E-state index contributed by atoms with van der Waals surface area (Å²) in [6.07, 6.45) is 0.475. The Morgan fingerprint density at radius 3 is 2.82 bits per heavy atom. The molecule has 1 aromatic carbocycles. The van der Waals surface area contributed by atoms with Gasteiger partial charge in [-0.25, -0.2) is 0 Å². The van der Waals surface area contributed by atoms with Gasteiger partial charge in [0.05, 0.1) is 0 Å². The van der Waals surface area contributed by atoms with Gasteiger partial charge < -0.3 is 15.8 Å². The molecule has 0 radical (unpaired) electrons. The van der Waals surface area contributed by atoms with Gasteiger partial charge in [0.2, 0.25) is 0 Å². The van der Waals surface area contributed by atoms with Crippen LogP contribution in [0, 0.1) is 0 Å². The summed E-state index contributed by atoms with van der Waals surface area (Å²) in [5.41, 5.74) is 6.21. The van der Waals surface area contributed by atoms with Gasteiger partial charge in [-0.1, -0.05) is 25.1 Å². The van der Waals surface area contributed by atoms with Gasteiger partial charge in [-0.3, -0.25) is 4.79 Å². The number of para-hydroxylation sites is 1. The van der Waals surface area contributed by atoms with Crippen LogP contribution in [0.5, 0.6) is 5.75 Å². The SMILES string of the molecule is CCCNCc1ccccc1OC(C)C(N)=O. The summed E-state index contributed by atoms with van der Waals surface area (Å²) in [6.45, 7) is 5.46. The van der Waals surface area contributed by atoms with Crippen LogP contribution < -0.4 is 15.8 Å². The molecule has 1 rings (SSSR count). The van der Waals surface area contributed by atoms with E-state index in [2.05, 4.69) is 12.2 Å². The molecular weight excluding hydrogens is 216 g/mol. The van der Waals surface area contributed by atoms with Crippen LogP contribution in [-0.2, 0) is 11.3 Å². The lowest BCUT2D eigenvalue weighted by atomic mass is 10.2. The van der Waals surface area contributed by atoms with E-state index in [-0.39, 0.29) is 0 Å². The molecule has 0 aliphatic rings. The van der Waals surface area contributed by atoms with E-state index >= 15 is 0 Å². The highest BCUT2D eigenvalue weighted by atomic mass is 16.5. The van der Waals surface area contributed by atoms with E-state index in [1.165, 1.54) is 0 Å². The smallest absolute Gasteiger partial charge is 0.258 e. The first kappa shape index (κ1) is 13.5. The number of nitrogens with one attached hydrogen (secondary N) is 1. The molecule has 4 heteroatoms. The summed E-state index contributed by atoms with van der Waals surface area (Å²) in [5.74, 6) is 0.253. The molecule has 0 aliphatic carbocycles. The van der Waals surface area contributed by atoms with Crippen molar-refractivity contribution in [2.24, 2.45) is 5.73 Å². The van der Waals surface area contributed by atoms with Crippen molar-refractivity contribution in [1.29, 1.82) is 0 Å². The largest absolute Gasteiger partial charge is 0.481 e. The first-order valence-corrected chi connectivity index (χ1v) is 5.89. The molecule has 3 N–H and O–H groups in total. The highest BCUT2D eigenvalue weighted by Crippen LogP contribution is 2.19. The Bertz CT molecular complexity index is 366. The molecule has 0 fully saturated rings. The van der Waals surface area contributed by atoms with E-state index in [4.69, 9.17) is 10.5 Å². The van der Waals surface area contributed by atoms with E-state index in [1.807, 2.05) is 24.3 Å². The Balaban J connectivity index is 2.66. The van der Waals surface area contributed by atoms with E-state index in [0.29, 0.717) is 5.75 Å². The fourth-order valence-electron chi connectivity index (χ4n) is 1.41. The van der Waals surface area contributed by atoms with Crippen molar-refractivity contribution in [2.75, 3.05) is 6.54 Å². The Hall–Kier alpha value is -1.55. The minimum Gasteiger partial charge on any atom is -0.481 e. The van der Waals surface area contributed by atoms with Crippen LogP contribution >= 0.6 is 0 Å². The van der Waals surface area contributed by atoms with Gasteiger partial charge in [0.15, 0.2) is 6.10 Å². The number of benzene rings is 1. The molecule has 1 amide bonds. The number of hydrogen-bond donors (Lipinski definition) is 2. The zero-order valence-corrected chi connectivity index (χ0v) is 10.4. The van der Waals surface area contributed by atoms with E-state index in [9.17, 15) is 4.79 Å². The van der Waals surface area contributed by atoms with Crippen LogP contribution in [0.2, 0.25) is 0 Å². The van der Waals surface area contributed by atoms with Crippen LogP contribution in [0.15, 0.2) is 24.3 Å². The lowest BCUT2D eigenvalue weighted by Gasteiger charge is -2.15. The molecule has 0 saturated heterocycles. The maximum Gasteiger partial charge on any atom is 0.258 e. The number of nitrogens with two attached hydrogens (primary N) is 1. The molecule has 0 saturated carbocycles. The van der Waals surface area contributed by atoms with Crippen molar-refractivity contribution in [1.82, 2.24) is 5.32 Å². The number of hydrogen-bond acceptors (Lipinski definition) is 3. The number of rotatable bonds is 7. The fraction of sp³-hybridized carbons (Fsp3) is 0.462. The zero-order valence-electron chi connectivity index (χ0n) is 10.4. The number of primary amides is 1. The van der Waals surface area contributed by atoms with Crippen LogP contribution in [0.25, 0.3) is 0 Å². The molecule has 94 valence electrons. The van der Waals surface area contributed by atoms with Crippen LogP contribution in [0.1, 0.15) is 25.8 Å². The highest BCUT2D eigenvalue weighted by molar-refractivity contribution is 5.78. The standard InChI is InChI=1S/C13H20N2O2/c1-3-8-15-9-11-6-4-5-7-12(11)17-10(2)13(14)16/h4-7,10,15H,3,8-9H2,1-2H3,(H2,14,16). The van der Waals surface area contributed by atoms with Gasteiger partial charge in [0.25, 0.3) is 5.91 Å². The van der Waals surface area contributed by atoms with Crippen molar-refractivity contribution in [3.63, 3.8) is 0 Å². The summed E-state index contributed by atoms with van der Waals surface area (Å²) >= 11 is 0. The lowest BCUT2D eigenvalue weighted by molar-refractivity contribution is -0.124. The second kappa shape index (κ2) is 6.91. The molecule has 0 aromatic heterocycles. The van der Waals surface area contributed by atoms with Crippen molar-refractivity contribution < 1.29 is 9.53 Å². The molecule has 0 aliphatic heterocycles. The van der Waals surface area contributed by atoms with Gasteiger partial charge in [-0.15, -0.1) is 0 Å². The van der Waals surface area contributed by atoms with Crippen LogP contribution in [0.4, 0.5) is 0 Å². The number of carbonyl (C=O) groups is 1. The Morgan fingerprint density at radius 1 is 1.47 bits per heavy atom. The van der Waals surface area contributed by atoms with Crippen LogP contribution in [-0.4, -0.2) is 18.6 Å². The average molecular weight is 236 g/mol. The second-order valence-corrected chi connectivity index (χ2v) is 3.95. The molecular formula is C13H20N2O2. The van der Waals surface area contributed by atoms with Crippen molar-refractivity contribution >= 4 is 5.91 Å². The van der Waals surface area contributed by atoms with Gasteiger partial charge in [0, 0.05) is 12.1 Å². The molecule has 0 heterocycles. The van der Waals surface area contributed by atoms with E-state index in [1.54, 1.807) is 6.92 Å². The Labute approximate surface area is 102 Å². The molecule has 0 spiro atoms. The maximum absolute atomic E-state index is 11.0. The first-order valence-electron chi connectivity index (χ1n) is 5.89. The van der Waals surface area contributed by atoms with E-state index in [0.717, 1.165) is 25.1 Å². The summed E-state index contributed by atoms with van der Waals surface area (Å²) in [7, 11) is 0. The third-order valence-electron chi connectivity index (χ3n) is 2.42. The minimum atomic E-state index is -0.609. The lowest BCUT2D eigenvalue weighted by Crippen LogP contribution is -2.31. The third kappa shape index (κ3) is 4.44. The van der Waals surface area contributed by atoms with E-state index < -0.39 is 12.0 Å². The molecule has 0 bridgehead atoms. The molecule has 1 unspecified atom stereocenters. The van der Waals surface area contributed by atoms with Gasteiger partial charge >= 0.3 is 0 Å². The quantitative estimate of drug-likeness (QED) is 0.704.